The van der Waals surface area contributed by atoms with Crippen LogP contribution in [0.25, 0.3) is 21.7 Å². The van der Waals surface area contributed by atoms with Gasteiger partial charge in [0.15, 0.2) is 11.2 Å². The van der Waals surface area contributed by atoms with Gasteiger partial charge in [0.25, 0.3) is 5.56 Å². The zero-order valence-electron chi connectivity index (χ0n) is 21.2. The van der Waals surface area contributed by atoms with Gasteiger partial charge in [-0.2, -0.15) is 0 Å². The molecule has 1 saturated heterocycles. The van der Waals surface area contributed by atoms with E-state index >= 15 is 0 Å². The Kier molecular flexibility index (Phi) is 5.87. The largest absolute Gasteiger partial charge is 0.356 e. The number of imidazole rings is 1. The first-order valence-corrected chi connectivity index (χ1v) is 13.3. The van der Waals surface area contributed by atoms with Gasteiger partial charge >= 0.3 is 5.69 Å². The Morgan fingerprint density at radius 3 is 2.74 bits per heavy atom. The third-order valence-electron chi connectivity index (χ3n) is 7.32. The zero-order chi connectivity index (χ0) is 26.6. The van der Waals surface area contributed by atoms with Crippen molar-refractivity contribution in [1.29, 1.82) is 0 Å². The number of thiazole rings is 1. The molecule has 2 fully saturated rings. The van der Waals surface area contributed by atoms with Crippen LogP contribution in [0.3, 0.4) is 0 Å². The van der Waals surface area contributed by atoms with Crippen LogP contribution >= 0.6 is 11.3 Å². The Bertz CT molecular complexity index is 1730. The van der Waals surface area contributed by atoms with Crippen molar-refractivity contribution in [3.05, 3.63) is 50.9 Å². The van der Waals surface area contributed by atoms with E-state index in [1.807, 2.05) is 18.3 Å². The SMILES string of the molecule is CC#CCn1c(=O)c2c(ncn2C(C)C(=O)Nc2csc(-c3ccc(N4CC5CC5C4)nc3)n2)n(C)c1=O. The molecule has 5 heterocycles. The first-order valence-electron chi connectivity index (χ1n) is 12.4. The van der Waals surface area contributed by atoms with Crippen LogP contribution in [0.1, 0.15) is 26.3 Å². The standard InChI is InChI=1S/C26H26N8O3S/c1-4-5-8-33-25(36)21-22(31(3)26(33)37)28-14-34(21)15(2)23(35)29-19-13-38-24(30-19)16-6-7-20(27-10-16)32-11-17-9-18(17)12-32/h6-7,10,13-15,17-18H,8-9,11-12H2,1-3H3,(H,29,35). The topological polar surface area (TPSA) is 120 Å². The van der Waals surface area contributed by atoms with Crippen LogP contribution in [-0.2, 0) is 18.4 Å². The molecule has 0 radical (unpaired) electrons. The summed E-state index contributed by atoms with van der Waals surface area (Å²) in [5.74, 6) is 8.16. The van der Waals surface area contributed by atoms with Crippen molar-refractivity contribution in [3.63, 3.8) is 0 Å². The van der Waals surface area contributed by atoms with Crippen molar-refractivity contribution < 1.29 is 4.79 Å². The molecule has 11 nitrogen and oxygen atoms in total. The van der Waals surface area contributed by atoms with Crippen molar-refractivity contribution >= 4 is 40.0 Å². The average Bonchev–Trinajstić information content (AvgIpc) is 3.31. The molecule has 0 bridgehead atoms. The Balaban J connectivity index is 1.20. The van der Waals surface area contributed by atoms with Crippen molar-refractivity contribution in [2.75, 3.05) is 23.3 Å². The Labute approximate surface area is 221 Å². The van der Waals surface area contributed by atoms with Crippen LogP contribution in [0.4, 0.5) is 11.6 Å². The number of amides is 1. The average molecular weight is 531 g/mol. The molecule has 1 aliphatic carbocycles. The summed E-state index contributed by atoms with van der Waals surface area (Å²) in [5.41, 5.74) is 0.197. The highest BCUT2D eigenvalue weighted by molar-refractivity contribution is 7.13. The molecule has 1 N–H and O–H groups in total. The normalized spacial score (nSPS) is 18.7. The molecular formula is C26H26N8O3S. The summed E-state index contributed by atoms with van der Waals surface area (Å²) in [6.07, 6.45) is 4.57. The highest BCUT2D eigenvalue weighted by atomic mass is 32.1. The fourth-order valence-corrected chi connectivity index (χ4v) is 5.73. The number of hydrogen-bond donors (Lipinski definition) is 1. The molecule has 1 aliphatic heterocycles. The molecule has 4 aromatic heterocycles. The van der Waals surface area contributed by atoms with Crippen LogP contribution in [0.5, 0.6) is 0 Å². The second-order valence-corrected chi connectivity index (χ2v) is 10.6. The van der Waals surface area contributed by atoms with E-state index in [-0.39, 0.29) is 23.6 Å². The minimum absolute atomic E-state index is 0.0415. The van der Waals surface area contributed by atoms with Gasteiger partial charge in [-0.3, -0.25) is 14.2 Å². The fraction of sp³-hybridized carbons (Fsp3) is 0.385. The predicted octanol–water partition coefficient (Wildman–Crippen LogP) is 2.09. The molecule has 2 aliphatic rings. The van der Waals surface area contributed by atoms with Crippen molar-refractivity contribution in [3.8, 4) is 22.4 Å². The van der Waals surface area contributed by atoms with E-state index in [9.17, 15) is 14.4 Å². The lowest BCUT2D eigenvalue weighted by atomic mass is 10.3. The Morgan fingerprint density at radius 1 is 1.24 bits per heavy atom. The smallest absolute Gasteiger partial charge is 0.333 e. The van der Waals surface area contributed by atoms with Crippen molar-refractivity contribution in [2.45, 2.75) is 32.9 Å². The Morgan fingerprint density at radius 2 is 2.03 bits per heavy atom. The highest BCUT2D eigenvalue weighted by Gasteiger charge is 2.45. The summed E-state index contributed by atoms with van der Waals surface area (Å²) >= 11 is 1.41. The molecule has 4 aromatic rings. The monoisotopic (exact) mass is 530 g/mol. The maximum Gasteiger partial charge on any atom is 0.333 e. The van der Waals surface area contributed by atoms with Crippen LogP contribution in [-0.4, -0.2) is 47.6 Å². The van der Waals surface area contributed by atoms with Gasteiger partial charge in [0.1, 0.15) is 22.7 Å². The summed E-state index contributed by atoms with van der Waals surface area (Å²) in [6, 6.07) is 3.25. The van der Waals surface area contributed by atoms with Crippen molar-refractivity contribution in [2.24, 2.45) is 18.9 Å². The number of fused-ring (bicyclic) bond motifs is 2. The molecule has 0 spiro atoms. The van der Waals surface area contributed by atoms with E-state index in [1.165, 1.54) is 40.3 Å². The van der Waals surface area contributed by atoms with E-state index in [1.54, 1.807) is 19.2 Å². The number of piperidine rings is 1. The number of aryl methyl sites for hydroxylation is 1. The van der Waals surface area contributed by atoms with Crippen LogP contribution in [0.2, 0.25) is 0 Å². The third-order valence-corrected chi connectivity index (χ3v) is 8.21. The minimum Gasteiger partial charge on any atom is -0.356 e. The van der Waals surface area contributed by atoms with Gasteiger partial charge in [0.2, 0.25) is 5.91 Å². The summed E-state index contributed by atoms with van der Waals surface area (Å²) < 4.78 is 3.80. The number of anilines is 2. The summed E-state index contributed by atoms with van der Waals surface area (Å²) in [4.78, 5) is 54.6. The molecule has 6 rings (SSSR count). The molecule has 3 atom stereocenters. The highest BCUT2D eigenvalue weighted by Crippen LogP contribution is 2.46. The summed E-state index contributed by atoms with van der Waals surface area (Å²) in [5, 5.41) is 5.35. The van der Waals surface area contributed by atoms with E-state index in [4.69, 9.17) is 0 Å². The number of rotatable bonds is 6. The number of pyridine rings is 1. The first-order chi connectivity index (χ1) is 18.4. The second-order valence-electron chi connectivity index (χ2n) is 9.75. The second kappa shape index (κ2) is 9.25. The molecular weight excluding hydrogens is 504 g/mol. The van der Waals surface area contributed by atoms with Gasteiger partial charge in [-0.1, -0.05) is 5.92 Å². The third kappa shape index (κ3) is 4.09. The van der Waals surface area contributed by atoms with E-state index in [0.29, 0.717) is 5.82 Å². The molecule has 12 heteroatoms. The lowest BCUT2D eigenvalue weighted by molar-refractivity contribution is -0.118. The van der Waals surface area contributed by atoms with Crippen LogP contribution < -0.4 is 21.5 Å². The predicted molar refractivity (Wildman–Crippen MR) is 145 cm³/mol. The lowest BCUT2D eigenvalue weighted by Crippen LogP contribution is -2.40. The van der Waals surface area contributed by atoms with Gasteiger partial charge in [0.05, 0.1) is 12.9 Å². The lowest BCUT2D eigenvalue weighted by Gasteiger charge is -2.18. The van der Waals surface area contributed by atoms with Gasteiger partial charge in [-0.15, -0.1) is 17.3 Å². The summed E-state index contributed by atoms with van der Waals surface area (Å²) in [7, 11) is 1.54. The van der Waals surface area contributed by atoms with Gasteiger partial charge in [-0.05, 0) is 44.2 Å². The van der Waals surface area contributed by atoms with Gasteiger partial charge in [-0.25, -0.2) is 24.3 Å². The Hall–Kier alpha value is -4.24. The number of hydrogen-bond acceptors (Lipinski definition) is 8. The molecule has 38 heavy (non-hydrogen) atoms. The molecule has 1 amide bonds. The van der Waals surface area contributed by atoms with Crippen LogP contribution in [0.15, 0.2) is 39.6 Å². The van der Waals surface area contributed by atoms with E-state index in [2.05, 4.69) is 37.0 Å². The quantitative estimate of drug-likeness (QED) is 0.379. The molecule has 0 aromatic carbocycles. The zero-order valence-corrected chi connectivity index (χ0v) is 22.0. The number of nitrogens with one attached hydrogen (secondary N) is 1. The summed E-state index contributed by atoms with van der Waals surface area (Å²) in [6.45, 7) is 5.43. The van der Waals surface area contributed by atoms with Gasteiger partial charge in [0, 0.05) is 37.3 Å². The maximum atomic E-state index is 13.1. The molecule has 1 saturated carbocycles. The van der Waals surface area contributed by atoms with Gasteiger partial charge < -0.3 is 14.8 Å². The fourth-order valence-electron chi connectivity index (χ4n) is 4.99. The number of carbonyl (C=O) groups excluding carboxylic acids is 1. The van der Waals surface area contributed by atoms with Crippen molar-refractivity contribution in [1.82, 2.24) is 28.7 Å². The number of aromatic nitrogens is 6. The molecule has 3 unspecified atom stereocenters. The van der Waals surface area contributed by atoms with Crippen LogP contribution in [0, 0.1) is 23.7 Å². The molecule has 194 valence electrons. The maximum absolute atomic E-state index is 13.1. The minimum atomic E-state index is -0.784. The number of carbonyl (C=O) groups is 1. The van der Waals surface area contributed by atoms with E-state index in [0.717, 1.165) is 45.9 Å². The first kappa shape index (κ1) is 24.1. The number of nitrogens with zero attached hydrogens (tertiary/aromatic N) is 7. The van der Waals surface area contributed by atoms with E-state index < -0.39 is 17.3 Å².